The molecule has 5 heteroatoms. The van der Waals surface area contributed by atoms with Gasteiger partial charge in [0.1, 0.15) is 5.82 Å². The summed E-state index contributed by atoms with van der Waals surface area (Å²) in [5.74, 6) is -0.198. The van der Waals surface area contributed by atoms with Crippen LogP contribution in [0.15, 0.2) is 24.3 Å². The molecule has 0 aromatic heterocycles. The summed E-state index contributed by atoms with van der Waals surface area (Å²) in [5.41, 5.74) is 0.979. The van der Waals surface area contributed by atoms with Gasteiger partial charge in [0.15, 0.2) is 0 Å². The van der Waals surface area contributed by atoms with Gasteiger partial charge in [0.05, 0.1) is 12.2 Å². The predicted molar refractivity (Wildman–Crippen MR) is 78.0 cm³/mol. The molecular formula is C15H23FO3Si. The van der Waals surface area contributed by atoms with Crippen molar-refractivity contribution in [2.24, 2.45) is 0 Å². The summed E-state index contributed by atoms with van der Waals surface area (Å²) in [6.45, 7) is 7.14. The zero-order valence-corrected chi connectivity index (χ0v) is 13.6. The van der Waals surface area contributed by atoms with E-state index in [0.29, 0.717) is 0 Å². The molecule has 1 aromatic carbocycles. The van der Waals surface area contributed by atoms with Crippen molar-refractivity contribution in [3.8, 4) is 0 Å². The molecule has 0 aliphatic rings. The lowest BCUT2D eigenvalue weighted by molar-refractivity contribution is -0.275. The summed E-state index contributed by atoms with van der Waals surface area (Å²) in [4.78, 5) is 0. The zero-order chi connectivity index (χ0) is 15.0. The highest BCUT2D eigenvalue weighted by Gasteiger charge is 2.14. The fraction of sp³-hybridized carbons (Fsp3) is 0.600. The number of halogens is 1. The molecule has 20 heavy (non-hydrogen) atoms. The largest absolute Gasteiger partial charge is 0.372 e. The Labute approximate surface area is 123 Å². The Kier molecular flexibility index (Phi) is 7.99. The van der Waals surface area contributed by atoms with E-state index in [0.717, 1.165) is 18.0 Å². The lowest BCUT2D eigenvalue weighted by atomic mass is 10.2. The third kappa shape index (κ3) is 7.74. The number of hydrogen-bond donors (Lipinski definition) is 0. The Hall–Kier alpha value is -0.753. The Morgan fingerprint density at radius 2 is 1.75 bits per heavy atom. The molecular weight excluding hydrogens is 275 g/mol. The van der Waals surface area contributed by atoms with E-state index in [-0.39, 0.29) is 27.8 Å². The van der Waals surface area contributed by atoms with Crippen molar-refractivity contribution < 1.29 is 18.3 Å². The van der Waals surface area contributed by atoms with E-state index in [1.165, 1.54) is 6.07 Å². The second kappa shape index (κ2) is 9.23. The van der Waals surface area contributed by atoms with Crippen molar-refractivity contribution in [2.45, 2.75) is 58.8 Å². The summed E-state index contributed by atoms with van der Waals surface area (Å²) in [6.07, 6.45) is 0.880. The summed E-state index contributed by atoms with van der Waals surface area (Å²) in [7, 11) is 0.261. The van der Waals surface area contributed by atoms with E-state index in [1.54, 1.807) is 12.1 Å². The van der Waals surface area contributed by atoms with E-state index in [4.69, 9.17) is 13.9 Å². The van der Waals surface area contributed by atoms with E-state index < -0.39 is 6.48 Å². The van der Waals surface area contributed by atoms with Crippen molar-refractivity contribution in [2.75, 3.05) is 0 Å². The van der Waals surface area contributed by atoms with Crippen LogP contribution in [0.2, 0.25) is 6.04 Å². The van der Waals surface area contributed by atoms with Gasteiger partial charge in [0.25, 0.3) is 6.48 Å². The number of ether oxygens (including phenoxy) is 2. The maximum absolute atomic E-state index is 13.0. The highest BCUT2D eigenvalue weighted by molar-refractivity contribution is 6.27. The Bertz CT molecular complexity index is 375. The van der Waals surface area contributed by atoms with Gasteiger partial charge in [-0.25, -0.2) is 4.39 Å². The summed E-state index contributed by atoms with van der Waals surface area (Å²) >= 11 is 0. The molecule has 0 aliphatic heterocycles. The summed E-state index contributed by atoms with van der Waals surface area (Å²) < 4.78 is 29.7. The fourth-order valence-corrected chi connectivity index (χ4v) is 2.30. The Morgan fingerprint density at radius 3 is 2.30 bits per heavy atom. The molecule has 1 aromatic rings. The quantitative estimate of drug-likeness (QED) is 0.396. The topological polar surface area (TPSA) is 27.7 Å². The standard InChI is InChI=1S/C15H23FO3Si/c1-11(2)17-15(18-12(3)4)19-20-9-8-13-6-5-7-14(16)10-13/h5-7,10-12,15H,8-9H2,1-4H3. The molecule has 112 valence electrons. The van der Waals surface area contributed by atoms with Gasteiger partial charge in [-0.1, -0.05) is 12.1 Å². The molecule has 0 saturated heterocycles. The molecule has 0 atom stereocenters. The van der Waals surface area contributed by atoms with E-state index >= 15 is 0 Å². The van der Waals surface area contributed by atoms with Crippen molar-refractivity contribution >= 4 is 9.76 Å². The van der Waals surface area contributed by atoms with Crippen molar-refractivity contribution in [1.82, 2.24) is 0 Å². The fourth-order valence-electron chi connectivity index (χ4n) is 1.55. The van der Waals surface area contributed by atoms with Gasteiger partial charge in [-0.15, -0.1) is 0 Å². The van der Waals surface area contributed by atoms with Crippen LogP contribution in [0.25, 0.3) is 0 Å². The van der Waals surface area contributed by atoms with E-state index in [1.807, 2.05) is 33.8 Å². The van der Waals surface area contributed by atoms with Crippen LogP contribution < -0.4 is 0 Å². The van der Waals surface area contributed by atoms with Crippen LogP contribution in [-0.4, -0.2) is 28.4 Å². The Morgan fingerprint density at radius 1 is 1.10 bits per heavy atom. The molecule has 2 radical (unpaired) electrons. The van der Waals surface area contributed by atoms with Gasteiger partial charge in [0.2, 0.25) is 9.76 Å². The average molecular weight is 298 g/mol. The molecule has 0 spiro atoms. The number of hydrogen-bond acceptors (Lipinski definition) is 3. The van der Waals surface area contributed by atoms with Gasteiger partial charge in [-0.2, -0.15) is 0 Å². The third-order valence-corrected chi connectivity index (χ3v) is 3.16. The molecule has 0 aliphatic carbocycles. The minimum atomic E-state index is -0.624. The van der Waals surface area contributed by atoms with Crippen LogP contribution in [-0.2, 0) is 20.3 Å². The number of rotatable bonds is 9. The molecule has 3 nitrogen and oxygen atoms in total. The van der Waals surface area contributed by atoms with Crippen molar-refractivity contribution in [3.05, 3.63) is 35.6 Å². The molecule has 0 amide bonds. The monoisotopic (exact) mass is 298 g/mol. The average Bonchev–Trinajstić information content (AvgIpc) is 2.33. The van der Waals surface area contributed by atoms with Crippen LogP contribution in [0, 0.1) is 5.82 Å². The van der Waals surface area contributed by atoms with Crippen molar-refractivity contribution in [1.29, 1.82) is 0 Å². The predicted octanol–water partition coefficient (Wildman–Crippen LogP) is 3.56. The maximum Gasteiger partial charge on any atom is 0.262 e. The van der Waals surface area contributed by atoms with Gasteiger partial charge < -0.3 is 13.9 Å². The SMILES string of the molecule is CC(C)OC(O[Si]CCc1cccc(F)c1)OC(C)C. The van der Waals surface area contributed by atoms with Gasteiger partial charge in [-0.3, -0.25) is 0 Å². The Balaban J connectivity index is 2.29. The molecule has 0 unspecified atom stereocenters. The smallest absolute Gasteiger partial charge is 0.262 e. The number of benzene rings is 1. The van der Waals surface area contributed by atoms with Crippen molar-refractivity contribution in [3.63, 3.8) is 0 Å². The van der Waals surface area contributed by atoms with E-state index in [9.17, 15) is 4.39 Å². The summed E-state index contributed by atoms with van der Waals surface area (Å²) in [5, 5.41) is 0. The van der Waals surface area contributed by atoms with Gasteiger partial charge >= 0.3 is 0 Å². The first kappa shape index (κ1) is 17.3. The van der Waals surface area contributed by atoms with Crippen LogP contribution in [0.5, 0.6) is 0 Å². The van der Waals surface area contributed by atoms with Crippen LogP contribution >= 0.6 is 0 Å². The van der Waals surface area contributed by atoms with Crippen LogP contribution in [0.4, 0.5) is 4.39 Å². The first-order valence-electron chi connectivity index (χ1n) is 6.91. The molecule has 1 rings (SSSR count). The number of aryl methyl sites for hydroxylation is 1. The van der Waals surface area contributed by atoms with Gasteiger partial charge in [0, 0.05) is 0 Å². The second-order valence-corrected chi connectivity index (χ2v) is 6.07. The normalized spacial score (nSPS) is 11.8. The first-order valence-corrected chi connectivity index (χ1v) is 8.02. The molecule has 0 bridgehead atoms. The lowest BCUT2D eigenvalue weighted by Crippen LogP contribution is -2.28. The van der Waals surface area contributed by atoms with Gasteiger partial charge in [-0.05, 0) is 57.9 Å². The highest BCUT2D eigenvalue weighted by Crippen LogP contribution is 2.09. The van der Waals surface area contributed by atoms with E-state index in [2.05, 4.69) is 0 Å². The molecule has 0 saturated carbocycles. The molecule has 0 N–H and O–H groups in total. The highest BCUT2D eigenvalue weighted by atomic mass is 28.2. The molecule has 0 fully saturated rings. The third-order valence-electron chi connectivity index (χ3n) is 2.35. The minimum absolute atomic E-state index is 0.0479. The zero-order valence-electron chi connectivity index (χ0n) is 12.6. The second-order valence-electron chi connectivity index (χ2n) is 5.05. The van der Waals surface area contributed by atoms with Crippen LogP contribution in [0.3, 0.4) is 0 Å². The maximum atomic E-state index is 13.0. The first-order chi connectivity index (χ1) is 9.47. The lowest BCUT2D eigenvalue weighted by Gasteiger charge is -2.22. The minimum Gasteiger partial charge on any atom is -0.372 e. The summed E-state index contributed by atoms with van der Waals surface area (Å²) in [6, 6.07) is 7.47. The van der Waals surface area contributed by atoms with Crippen LogP contribution in [0.1, 0.15) is 33.3 Å². The molecule has 0 heterocycles.